The molecular weight excluding hydrogens is 464 g/mol. The third-order valence-electron chi connectivity index (χ3n) is 6.17. The highest BCUT2D eigenvalue weighted by atomic mass is 16.5. The largest absolute Gasteiger partial charge is 0.490 e. The van der Waals surface area contributed by atoms with Crippen LogP contribution >= 0.6 is 0 Å². The maximum Gasteiger partial charge on any atom is 0.383 e. The van der Waals surface area contributed by atoms with E-state index in [0.29, 0.717) is 35.7 Å². The van der Waals surface area contributed by atoms with Crippen molar-refractivity contribution in [2.45, 2.75) is 112 Å². The zero-order valence-electron chi connectivity index (χ0n) is 24.0. The van der Waals surface area contributed by atoms with Crippen molar-refractivity contribution >= 4 is 11.0 Å². The van der Waals surface area contributed by atoms with E-state index >= 15 is 0 Å². The van der Waals surface area contributed by atoms with Crippen LogP contribution in [-0.2, 0) is 0 Å². The fourth-order valence-corrected chi connectivity index (χ4v) is 4.15. The molecule has 0 aliphatic rings. The topological polar surface area (TPSA) is 57.9 Å². The Hall–Kier alpha value is -2.69. The first-order chi connectivity index (χ1) is 17.8. The van der Waals surface area contributed by atoms with Gasteiger partial charge in [0, 0.05) is 0 Å². The molecule has 0 atom stereocenters. The van der Waals surface area contributed by atoms with Crippen molar-refractivity contribution in [3.8, 4) is 17.2 Å². The zero-order chi connectivity index (χ0) is 27.0. The van der Waals surface area contributed by atoms with Crippen molar-refractivity contribution in [1.82, 2.24) is 0 Å². The van der Waals surface area contributed by atoms with Crippen molar-refractivity contribution in [1.29, 1.82) is 0 Å². The van der Waals surface area contributed by atoms with Gasteiger partial charge in [0.1, 0.15) is 23.3 Å². The quantitative estimate of drug-likeness (QED) is 0.113. The van der Waals surface area contributed by atoms with Crippen LogP contribution in [0.4, 0.5) is 0 Å². The molecule has 0 saturated carbocycles. The van der Waals surface area contributed by atoms with E-state index < -0.39 is 5.63 Å². The number of hydrogen-bond donors (Lipinski definition) is 0. The fraction of sp³-hybridized carbons (Fsp3) is 0.594. The van der Waals surface area contributed by atoms with Gasteiger partial charge in [-0.05, 0) is 72.1 Å². The van der Waals surface area contributed by atoms with Crippen molar-refractivity contribution in [3.63, 3.8) is 0 Å². The highest BCUT2D eigenvalue weighted by Crippen LogP contribution is 2.39. The molecule has 5 heteroatoms. The molecule has 0 spiro atoms. The molecule has 0 fully saturated rings. The second-order valence-electron chi connectivity index (χ2n) is 10.3. The van der Waals surface area contributed by atoms with Crippen molar-refractivity contribution in [2.24, 2.45) is 0 Å². The maximum absolute atomic E-state index is 12.9. The van der Waals surface area contributed by atoms with Gasteiger partial charge in [-0.3, -0.25) is 0 Å². The van der Waals surface area contributed by atoms with Crippen LogP contribution in [-0.4, -0.2) is 19.3 Å². The lowest BCUT2D eigenvalue weighted by molar-refractivity contribution is 0.241. The van der Waals surface area contributed by atoms with E-state index in [9.17, 15) is 4.79 Å². The maximum atomic E-state index is 12.9. The van der Waals surface area contributed by atoms with Crippen LogP contribution in [0.15, 0.2) is 50.7 Å². The highest BCUT2D eigenvalue weighted by Gasteiger charge is 2.21. The highest BCUT2D eigenvalue weighted by molar-refractivity contribution is 5.91. The molecular formula is C32H48O5. The molecule has 5 nitrogen and oxygen atoms in total. The minimum absolute atomic E-state index is 0.0377. The predicted octanol–water partition coefficient (Wildman–Crippen LogP) is 9.17. The summed E-state index contributed by atoms with van der Waals surface area (Å²) in [6.45, 7) is 13.3. The van der Waals surface area contributed by atoms with Gasteiger partial charge in [0.25, 0.3) is 0 Å². The van der Waals surface area contributed by atoms with E-state index in [1.807, 2.05) is 26.0 Å². The summed E-state index contributed by atoms with van der Waals surface area (Å²) < 4.78 is 23.9. The molecule has 0 aliphatic heterocycles. The first kappa shape index (κ1) is 30.5. The van der Waals surface area contributed by atoms with Gasteiger partial charge in [0.15, 0.2) is 5.75 Å². The molecule has 0 N–H and O–H groups in total. The monoisotopic (exact) mass is 512 g/mol. The standard InChI is InChI=1S/C32H48O5/c1-7-8-9-10-11-12-13-14-22-34-31-30(35-23-21-26(6)18-15-17-24(2)3)29-27(36-25(4)5)19-16-20-28(29)37-32(31)33/h16-17,19-21,25H,7-15,18,22-23H2,1-6H3. The Balaban J connectivity index is 2.18. The third kappa shape index (κ3) is 11.1. The SMILES string of the molecule is CCCCCCCCCCOc1c(OCC=C(C)CCC=C(C)C)c2c(OC(C)C)cccc2oc1=O. The van der Waals surface area contributed by atoms with E-state index in [1.165, 1.54) is 49.7 Å². The summed E-state index contributed by atoms with van der Waals surface area (Å²) in [5.74, 6) is 1.15. The molecule has 2 rings (SSSR count). The van der Waals surface area contributed by atoms with Gasteiger partial charge in [-0.25, -0.2) is 4.79 Å². The average molecular weight is 513 g/mol. The van der Waals surface area contributed by atoms with Crippen LogP contribution in [0.1, 0.15) is 106 Å². The molecule has 2 aromatic rings. The second kappa shape index (κ2) is 16.9. The van der Waals surface area contributed by atoms with Crippen molar-refractivity contribution in [3.05, 3.63) is 51.9 Å². The van der Waals surface area contributed by atoms with E-state index in [-0.39, 0.29) is 11.9 Å². The number of ether oxygens (including phenoxy) is 3. The number of rotatable bonds is 18. The molecule has 206 valence electrons. The summed E-state index contributed by atoms with van der Waals surface area (Å²) in [5.41, 5.74) is 2.47. The number of unbranched alkanes of at least 4 members (excludes halogenated alkanes) is 7. The first-order valence-electron chi connectivity index (χ1n) is 14.1. The molecule has 37 heavy (non-hydrogen) atoms. The van der Waals surface area contributed by atoms with Gasteiger partial charge in [-0.2, -0.15) is 0 Å². The Kier molecular flexibility index (Phi) is 14.0. The lowest BCUT2D eigenvalue weighted by Crippen LogP contribution is -2.13. The van der Waals surface area contributed by atoms with Crippen LogP contribution in [0.3, 0.4) is 0 Å². The fourth-order valence-electron chi connectivity index (χ4n) is 4.15. The number of benzene rings is 1. The molecule has 1 aromatic heterocycles. The molecule has 0 unspecified atom stereocenters. The summed E-state index contributed by atoms with van der Waals surface area (Å²) in [4.78, 5) is 12.9. The van der Waals surface area contributed by atoms with Crippen molar-refractivity contribution in [2.75, 3.05) is 13.2 Å². The normalized spacial score (nSPS) is 11.7. The van der Waals surface area contributed by atoms with Gasteiger partial charge >= 0.3 is 5.63 Å². The molecule has 0 radical (unpaired) electrons. The number of hydrogen-bond acceptors (Lipinski definition) is 5. The molecule has 0 bridgehead atoms. The van der Waals surface area contributed by atoms with Gasteiger partial charge < -0.3 is 18.6 Å². The van der Waals surface area contributed by atoms with Crippen LogP contribution in [0.2, 0.25) is 0 Å². The third-order valence-corrected chi connectivity index (χ3v) is 6.17. The van der Waals surface area contributed by atoms with Crippen LogP contribution < -0.4 is 19.8 Å². The molecule has 1 aromatic carbocycles. The van der Waals surface area contributed by atoms with Crippen LogP contribution in [0, 0.1) is 0 Å². The van der Waals surface area contributed by atoms with E-state index in [1.54, 1.807) is 6.07 Å². The van der Waals surface area contributed by atoms with Gasteiger partial charge in [0.05, 0.1) is 12.7 Å². The average Bonchev–Trinajstić information content (AvgIpc) is 2.83. The summed E-state index contributed by atoms with van der Waals surface area (Å²) in [6, 6.07) is 5.46. The van der Waals surface area contributed by atoms with Gasteiger partial charge in [0.2, 0.25) is 5.75 Å². The Morgan fingerprint density at radius 3 is 2.30 bits per heavy atom. The Morgan fingerprint density at radius 1 is 0.919 bits per heavy atom. The van der Waals surface area contributed by atoms with E-state index in [4.69, 9.17) is 18.6 Å². The van der Waals surface area contributed by atoms with Crippen LogP contribution in [0.25, 0.3) is 11.0 Å². The van der Waals surface area contributed by atoms with E-state index in [0.717, 1.165) is 25.7 Å². The number of allylic oxidation sites excluding steroid dienone is 3. The minimum Gasteiger partial charge on any atom is -0.490 e. The van der Waals surface area contributed by atoms with E-state index in [2.05, 4.69) is 39.8 Å². The van der Waals surface area contributed by atoms with Crippen molar-refractivity contribution < 1.29 is 18.6 Å². The predicted molar refractivity (Wildman–Crippen MR) is 154 cm³/mol. The Bertz CT molecular complexity index is 1060. The van der Waals surface area contributed by atoms with Crippen LogP contribution in [0.5, 0.6) is 17.2 Å². The summed E-state index contributed by atoms with van der Waals surface area (Å²) in [5, 5.41) is 0.636. The summed E-state index contributed by atoms with van der Waals surface area (Å²) >= 11 is 0. The lowest BCUT2D eigenvalue weighted by Gasteiger charge is -2.17. The summed E-state index contributed by atoms with van der Waals surface area (Å²) in [6.07, 6.45) is 15.8. The Labute approximate surface area is 223 Å². The van der Waals surface area contributed by atoms with Gasteiger partial charge in [-0.1, -0.05) is 75.2 Å². The molecule has 0 amide bonds. The van der Waals surface area contributed by atoms with Gasteiger partial charge in [-0.15, -0.1) is 0 Å². The molecule has 1 heterocycles. The minimum atomic E-state index is -0.520. The smallest absolute Gasteiger partial charge is 0.383 e. The second-order valence-corrected chi connectivity index (χ2v) is 10.3. The zero-order valence-corrected chi connectivity index (χ0v) is 24.0. The molecule has 0 saturated heterocycles. The lowest BCUT2D eigenvalue weighted by atomic mass is 10.1. The Morgan fingerprint density at radius 2 is 1.62 bits per heavy atom. The molecule has 0 aliphatic carbocycles. The first-order valence-corrected chi connectivity index (χ1v) is 14.1. The number of fused-ring (bicyclic) bond motifs is 1. The summed E-state index contributed by atoms with van der Waals surface area (Å²) in [7, 11) is 0.